The van der Waals surface area contributed by atoms with Gasteiger partial charge in [0.05, 0.1) is 17.6 Å². The third kappa shape index (κ3) is 4.37. The van der Waals surface area contributed by atoms with Crippen molar-refractivity contribution in [1.82, 2.24) is 0 Å². The molecule has 4 heteroatoms. The lowest BCUT2D eigenvalue weighted by molar-refractivity contribution is 0.163. The summed E-state index contributed by atoms with van der Waals surface area (Å²) in [6.45, 7) is 7.68. The first-order chi connectivity index (χ1) is 5.00. The second kappa shape index (κ2) is 4.72. The van der Waals surface area contributed by atoms with Gasteiger partial charge < -0.3 is 4.74 Å². The molecule has 0 bridgehead atoms. The van der Waals surface area contributed by atoms with Gasteiger partial charge in [0.15, 0.2) is 9.84 Å². The van der Waals surface area contributed by atoms with Gasteiger partial charge in [0.1, 0.15) is 0 Å². The molecule has 0 aliphatic carbocycles. The van der Waals surface area contributed by atoms with E-state index in [2.05, 4.69) is 6.92 Å². The van der Waals surface area contributed by atoms with Crippen LogP contribution in [0.15, 0.2) is 0 Å². The Hall–Kier alpha value is -0.0900. The largest absolute Gasteiger partial charge is 0.381 e. The molecule has 11 heavy (non-hydrogen) atoms. The number of sulfone groups is 1. The number of hydrogen-bond acceptors (Lipinski definition) is 3. The fourth-order valence-corrected chi connectivity index (χ4v) is 1.27. The molecule has 0 heterocycles. The second-order valence-corrected chi connectivity index (χ2v) is 4.91. The molecule has 0 aromatic rings. The van der Waals surface area contributed by atoms with Gasteiger partial charge in [-0.2, -0.15) is 0 Å². The number of rotatable bonds is 5. The van der Waals surface area contributed by atoms with E-state index < -0.39 is 15.1 Å². The molecule has 67 valence electrons. The van der Waals surface area contributed by atoms with Gasteiger partial charge in [-0.05, 0) is 20.8 Å². The van der Waals surface area contributed by atoms with Crippen molar-refractivity contribution in [2.75, 3.05) is 19.0 Å². The van der Waals surface area contributed by atoms with E-state index in [4.69, 9.17) is 4.74 Å². The molecule has 0 aliphatic heterocycles. The van der Waals surface area contributed by atoms with E-state index in [1.54, 1.807) is 6.92 Å². The van der Waals surface area contributed by atoms with Crippen molar-refractivity contribution in [2.24, 2.45) is 0 Å². The van der Waals surface area contributed by atoms with Crippen molar-refractivity contribution in [2.45, 2.75) is 19.1 Å². The molecule has 0 saturated heterocycles. The standard InChI is InChI=1S/C7H15O3S/c1-4-10-5-6-11(8,9)7(2)3/h7H,2,4-6H2,1,3H3. The predicted octanol–water partition coefficient (Wildman–Crippen LogP) is 0.660. The van der Waals surface area contributed by atoms with Gasteiger partial charge in [0.25, 0.3) is 0 Å². The van der Waals surface area contributed by atoms with Crippen molar-refractivity contribution in [1.29, 1.82) is 0 Å². The first-order valence-corrected chi connectivity index (χ1v) is 5.34. The second-order valence-electron chi connectivity index (χ2n) is 2.37. The topological polar surface area (TPSA) is 43.4 Å². The molecule has 0 aromatic heterocycles. The van der Waals surface area contributed by atoms with Crippen LogP contribution in [0.5, 0.6) is 0 Å². The molecule has 1 radical (unpaired) electrons. The molecule has 0 aromatic carbocycles. The van der Waals surface area contributed by atoms with Crippen LogP contribution in [-0.2, 0) is 14.6 Å². The summed E-state index contributed by atoms with van der Waals surface area (Å²) in [5, 5.41) is -0.539. The summed E-state index contributed by atoms with van der Waals surface area (Å²) in [7, 11) is -3.01. The van der Waals surface area contributed by atoms with Gasteiger partial charge in [-0.3, -0.25) is 0 Å². The summed E-state index contributed by atoms with van der Waals surface area (Å²) in [5.41, 5.74) is 0. The molecule has 0 N–H and O–H groups in total. The summed E-state index contributed by atoms with van der Waals surface area (Å²) in [6.07, 6.45) is 0. The fourth-order valence-electron chi connectivity index (χ4n) is 0.521. The molecule has 0 aliphatic rings. The summed E-state index contributed by atoms with van der Waals surface area (Å²) >= 11 is 0. The third-order valence-corrected chi connectivity index (χ3v) is 3.29. The van der Waals surface area contributed by atoms with Crippen LogP contribution in [0.4, 0.5) is 0 Å². The minimum absolute atomic E-state index is 0.0749. The lowest BCUT2D eigenvalue weighted by Crippen LogP contribution is -2.21. The van der Waals surface area contributed by atoms with E-state index in [0.717, 1.165) is 0 Å². The number of hydrogen-bond donors (Lipinski definition) is 0. The van der Waals surface area contributed by atoms with Crippen LogP contribution in [0.3, 0.4) is 0 Å². The van der Waals surface area contributed by atoms with Crippen LogP contribution in [0.25, 0.3) is 0 Å². The molecular formula is C7H15O3S. The number of ether oxygens (including phenoxy) is 1. The quantitative estimate of drug-likeness (QED) is 0.582. The van der Waals surface area contributed by atoms with Crippen LogP contribution in [0.1, 0.15) is 13.8 Å². The summed E-state index contributed by atoms with van der Waals surface area (Å²) < 4.78 is 27.0. The van der Waals surface area contributed by atoms with Crippen LogP contribution in [0.2, 0.25) is 0 Å². The van der Waals surface area contributed by atoms with Gasteiger partial charge in [-0.1, -0.05) is 0 Å². The summed E-state index contributed by atoms with van der Waals surface area (Å²) in [5.74, 6) is 0.0749. The van der Waals surface area contributed by atoms with Crippen molar-refractivity contribution in [3.63, 3.8) is 0 Å². The zero-order chi connectivity index (χ0) is 8.91. The van der Waals surface area contributed by atoms with E-state index in [0.29, 0.717) is 6.61 Å². The van der Waals surface area contributed by atoms with E-state index in [1.165, 1.54) is 0 Å². The van der Waals surface area contributed by atoms with Gasteiger partial charge in [0, 0.05) is 6.61 Å². The van der Waals surface area contributed by atoms with E-state index in [1.807, 2.05) is 6.92 Å². The van der Waals surface area contributed by atoms with Gasteiger partial charge in [-0.25, -0.2) is 8.42 Å². The molecule has 0 rings (SSSR count). The highest BCUT2D eigenvalue weighted by atomic mass is 32.2. The molecule has 1 unspecified atom stereocenters. The Morgan fingerprint density at radius 2 is 2.09 bits per heavy atom. The Balaban J connectivity index is 3.75. The van der Waals surface area contributed by atoms with Crippen LogP contribution in [0, 0.1) is 6.92 Å². The Kier molecular flexibility index (Phi) is 4.68. The van der Waals surface area contributed by atoms with Gasteiger partial charge >= 0.3 is 0 Å². The first kappa shape index (κ1) is 10.9. The minimum Gasteiger partial charge on any atom is -0.381 e. The molecular weight excluding hydrogens is 164 g/mol. The zero-order valence-electron chi connectivity index (χ0n) is 7.04. The van der Waals surface area contributed by atoms with Crippen molar-refractivity contribution >= 4 is 9.84 Å². The average Bonchev–Trinajstić information content (AvgIpc) is 1.88. The lowest BCUT2D eigenvalue weighted by atomic mass is 10.6. The normalized spacial score (nSPS) is 12.4. The Bertz CT molecular complexity index is 182. The molecule has 0 fully saturated rings. The maximum absolute atomic E-state index is 11.1. The maximum Gasteiger partial charge on any atom is 0.155 e. The van der Waals surface area contributed by atoms with E-state index in [-0.39, 0.29) is 12.4 Å². The van der Waals surface area contributed by atoms with Crippen LogP contribution in [-0.4, -0.2) is 32.6 Å². The average molecular weight is 179 g/mol. The highest BCUT2D eigenvalue weighted by Gasteiger charge is 2.14. The molecule has 0 amide bonds. The zero-order valence-corrected chi connectivity index (χ0v) is 7.86. The Morgan fingerprint density at radius 1 is 1.55 bits per heavy atom. The first-order valence-electron chi connectivity index (χ1n) is 3.63. The Morgan fingerprint density at radius 3 is 2.45 bits per heavy atom. The van der Waals surface area contributed by atoms with Gasteiger partial charge in [-0.15, -0.1) is 0 Å². The molecule has 1 atom stereocenters. The summed E-state index contributed by atoms with van der Waals surface area (Å²) in [4.78, 5) is 0. The predicted molar refractivity (Wildman–Crippen MR) is 45.1 cm³/mol. The smallest absolute Gasteiger partial charge is 0.155 e. The van der Waals surface area contributed by atoms with Crippen molar-refractivity contribution in [3.05, 3.63) is 6.92 Å². The van der Waals surface area contributed by atoms with E-state index >= 15 is 0 Å². The summed E-state index contributed by atoms with van der Waals surface area (Å²) in [6, 6.07) is 0. The highest BCUT2D eigenvalue weighted by Crippen LogP contribution is 1.99. The van der Waals surface area contributed by atoms with E-state index in [9.17, 15) is 8.42 Å². The fraction of sp³-hybridized carbons (Fsp3) is 0.857. The Labute approximate surface area is 68.7 Å². The lowest BCUT2D eigenvalue weighted by Gasteiger charge is -2.06. The molecule has 0 spiro atoms. The molecule has 3 nitrogen and oxygen atoms in total. The van der Waals surface area contributed by atoms with Crippen molar-refractivity contribution < 1.29 is 13.2 Å². The minimum atomic E-state index is -3.01. The van der Waals surface area contributed by atoms with Crippen LogP contribution >= 0.6 is 0 Å². The van der Waals surface area contributed by atoms with Crippen molar-refractivity contribution in [3.8, 4) is 0 Å². The SMILES string of the molecule is [CH2]C(C)S(=O)(=O)CCOCC. The maximum atomic E-state index is 11.1. The monoisotopic (exact) mass is 179 g/mol. The van der Waals surface area contributed by atoms with Crippen LogP contribution < -0.4 is 0 Å². The third-order valence-electron chi connectivity index (χ3n) is 1.33. The molecule has 0 saturated carbocycles. The highest BCUT2D eigenvalue weighted by molar-refractivity contribution is 7.92. The van der Waals surface area contributed by atoms with Gasteiger partial charge in [0.2, 0.25) is 0 Å².